The van der Waals surface area contributed by atoms with Gasteiger partial charge in [0.25, 0.3) is 0 Å². The zero-order valence-corrected chi connectivity index (χ0v) is 9.91. The van der Waals surface area contributed by atoms with Crippen molar-refractivity contribution >= 4 is 17.4 Å². The molecule has 16 heavy (non-hydrogen) atoms. The van der Waals surface area contributed by atoms with Gasteiger partial charge in [-0.25, -0.2) is 9.97 Å². The fourth-order valence-corrected chi connectivity index (χ4v) is 2.23. The van der Waals surface area contributed by atoms with Crippen LogP contribution in [0.2, 0.25) is 5.28 Å². The normalized spacial score (nSPS) is 20.6. The van der Waals surface area contributed by atoms with Crippen LogP contribution in [-0.4, -0.2) is 22.6 Å². The number of nitrogens with zero attached hydrogens (tertiary/aromatic N) is 4. The minimum absolute atomic E-state index is 0.145. The number of piperidine rings is 1. The molecular weight excluding hydrogens is 224 g/mol. The smallest absolute Gasteiger partial charge is 0.225 e. The highest BCUT2D eigenvalue weighted by atomic mass is 35.5. The van der Waals surface area contributed by atoms with E-state index in [0.29, 0.717) is 11.7 Å². The zero-order chi connectivity index (χ0) is 11.5. The Balaban J connectivity index is 2.32. The van der Waals surface area contributed by atoms with Crippen LogP contribution in [0.4, 0.5) is 5.82 Å². The van der Waals surface area contributed by atoms with Crippen LogP contribution in [0.5, 0.6) is 0 Å². The number of halogens is 1. The first kappa shape index (κ1) is 11.2. The van der Waals surface area contributed by atoms with Gasteiger partial charge in [0.2, 0.25) is 5.28 Å². The predicted octanol–water partition coefficient (Wildman–Crippen LogP) is 2.38. The number of rotatable bonds is 1. The van der Waals surface area contributed by atoms with E-state index in [1.807, 2.05) is 6.07 Å². The molecule has 1 aliphatic heterocycles. The summed E-state index contributed by atoms with van der Waals surface area (Å²) in [5.41, 5.74) is 0.327. The van der Waals surface area contributed by atoms with Crippen molar-refractivity contribution in [3.8, 4) is 6.07 Å². The first-order valence-electron chi connectivity index (χ1n) is 5.42. The van der Waals surface area contributed by atoms with E-state index in [9.17, 15) is 0 Å². The summed E-state index contributed by atoms with van der Waals surface area (Å²) >= 11 is 5.80. The second kappa shape index (κ2) is 4.67. The minimum atomic E-state index is 0.145. The molecule has 0 spiro atoms. The summed E-state index contributed by atoms with van der Waals surface area (Å²) in [6.07, 6.45) is 3.57. The second-order valence-electron chi connectivity index (χ2n) is 4.03. The Hall–Kier alpha value is -1.34. The van der Waals surface area contributed by atoms with Gasteiger partial charge in [-0.05, 0) is 37.8 Å². The van der Waals surface area contributed by atoms with Gasteiger partial charge in [0, 0.05) is 18.7 Å². The molecule has 0 amide bonds. The van der Waals surface area contributed by atoms with Gasteiger partial charge in [-0.1, -0.05) is 0 Å². The molecule has 84 valence electrons. The molecule has 1 fully saturated rings. The van der Waals surface area contributed by atoms with Crippen molar-refractivity contribution in [3.05, 3.63) is 17.0 Å². The average molecular weight is 237 g/mol. The van der Waals surface area contributed by atoms with E-state index in [-0.39, 0.29) is 5.28 Å². The van der Waals surface area contributed by atoms with Crippen molar-refractivity contribution in [3.63, 3.8) is 0 Å². The molecule has 0 saturated carbocycles. The van der Waals surface area contributed by atoms with Crippen molar-refractivity contribution in [2.24, 2.45) is 0 Å². The van der Waals surface area contributed by atoms with Gasteiger partial charge in [0.1, 0.15) is 17.6 Å². The van der Waals surface area contributed by atoms with Crippen LogP contribution >= 0.6 is 11.6 Å². The number of hydrogen-bond acceptors (Lipinski definition) is 4. The molecule has 5 heteroatoms. The minimum Gasteiger partial charge on any atom is -0.354 e. The quantitative estimate of drug-likeness (QED) is 0.703. The van der Waals surface area contributed by atoms with Gasteiger partial charge in [0.05, 0.1) is 0 Å². The van der Waals surface area contributed by atoms with E-state index in [0.717, 1.165) is 25.2 Å². The fraction of sp³-hybridized carbons (Fsp3) is 0.545. The van der Waals surface area contributed by atoms with Crippen LogP contribution in [0.15, 0.2) is 6.07 Å². The van der Waals surface area contributed by atoms with Crippen molar-refractivity contribution in [2.45, 2.75) is 32.2 Å². The molecule has 1 aromatic heterocycles. The summed E-state index contributed by atoms with van der Waals surface area (Å²) in [5, 5.41) is 8.98. The number of hydrogen-bond donors (Lipinski definition) is 0. The van der Waals surface area contributed by atoms with Crippen molar-refractivity contribution in [1.29, 1.82) is 5.26 Å². The van der Waals surface area contributed by atoms with Crippen LogP contribution in [0.1, 0.15) is 31.9 Å². The lowest BCUT2D eigenvalue weighted by molar-refractivity contribution is 0.481. The van der Waals surface area contributed by atoms with Crippen LogP contribution in [0, 0.1) is 11.3 Å². The van der Waals surface area contributed by atoms with E-state index in [1.54, 1.807) is 6.07 Å². The maximum atomic E-state index is 8.83. The molecule has 1 aromatic rings. The molecule has 1 atom stereocenters. The number of aromatic nitrogens is 2. The topological polar surface area (TPSA) is 52.8 Å². The Bertz CT molecular complexity index is 426. The van der Waals surface area contributed by atoms with Gasteiger partial charge in [-0.3, -0.25) is 0 Å². The van der Waals surface area contributed by atoms with Crippen molar-refractivity contribution in [1.82, 2.24) is 9.97 Å². The molecule has 0 unspecified atom stereocenters. The third-order valence-electron chi connectivity index (χ3n) is 2.90. The lowest BCUT2D eigenvalue weighted by atomic mass is 10.0. The largest absolute Gasteiger partial charge is 0.354 e. The molecule has 2 heterocycles. The van der Waals surface area contributed by atoms with Crippen molar-refractivity contribution < 1.29 is 0 Å². The molecular formula is C11H13ClN4. The number of nitriles is 1. The number of anilines is 1. The van der Waals surface area contributed by atoms with E-state index >= 15 is 0 Å². The van der Waals surface area contributed by atoms with Crippen molar-refractivity contribution in [2.75, 3.05) is 11.4 Å². The van der Waals surface area contributed by atoms with Gasteiger partial charge < -0.3 is 4.90 Å². The Morgan fingerprint density at radius 2 is 2.31 bits per heavy atom. The van der Waals surface area contributed by atoms with Gasteiger partial charge in [0.15, 0.2) is 0 Å². The Morgan fingerprint density at radius 3 is 3.00 bits per heavy atom. The average Bonchev–Trinajstić information content (AvgIpc) is 2.28. The van der Waals surface area contributed by atoms with Crippen LogP contribution in [0.25, 0.3) is 0 Å². The molecule has 0 bridgehead atoms. The molecule has 1 aliphatic rings. The Kier molecular flexibility index (Phi) is 3.25. The maximum absolute atomic E-state index is 8.83. The van der Waals surface area contributed by atoms with E-state index in [2.05, 4.69) is 21.8 Å². The van der Waals surface area contributed by atoms with Crippen LogP contribution in [0.3, 0.4) is 0 Å². The first-order valence-corrected chi connectivity index (χ1v) is 5.80. The fourth-order valence-electron chi connectivity index (χ4n) is 2.05. The van der Waals surface area contributed by atoms with Crippen LogP contribution < -0.4 is 4.90 Å². The first-order chi connectivity index (χ1) is 7.70. The predicted molar refractivity (Wildman–Crippen MR) is 62.4 cm³/mol. The highest BCUT2D eigenvalue weighted by Crippen LogP contribution is 2.24. The SMILES string of the molecule is C[C@H]1CCCCN1c1cc(C#N)nc(Cl)n1. The van der Waals surface area contributed by atoms with E-state index < -0.39 is 0 Å². The summed E-state index contributed by atoms with van der Waals surface area (Å²) in [6, 6.07) is 4.15. The van der Waals surface area contributed by atoms with Gasteiger partial charge in [-0.2, -0.15) is 5.26 Å². The molecule has 0 aliphatic carbocycles. The molecule has 0 radical (unpaired) electrons. The molecule has 0 aromatic carbocycles. The summed E-state index contributed by atoms with van der Waals surface area (Å²) in [6.45, 7) is 3.14. The monoisotopic (exact) mass is 236 g/mol. The molecule has 1 saturated heterocycles. The maximum Gasteiger partial charge on any atom is 0.225 e. The second-order valence-corrected chi connectivity index (χ2v) is 4.37. The molecule has 4 nitrogen and oxygen atoms in total. The van der Waals surface area contributed by atoms with Gasteiger partial charge in [-0.15, -0.1) is 0 Å². The summed E-state index contributed by atoms with van der Waals surface area (Å²) < 4.78 is 0. The van der Waals surface area contributed by atoms with Crippen LogP contribution in [-0.2, 0) is 0 Å². The standard InChI is InChI=1S/C11H13ClN4/c1-8-4-2-3-5-16(8)10-6-9(7-13)14-11(12)15-10/h6,8H,2-5H2,1H3/t8-/m0/s1. The lowest BCUT2D eigenvalue weighted by Crippen LogP contribution is -2.38. The van der Waals surface area contributed by atoms with Gasteiger partial charge >= 0.3 is 0 Å². The third kappa shape index (κ3) is 2.25. The third-order valence-corrected chi connectivity index (χ3v) is 3.07. The summed E-state index contributed by atoms with van der Waals surface area (Å²) in [4.78, 5) is 10.2. The summed E-state index contributed by atoms with van der Waals surface area (Å²) in [7, 11) is 0. The lowest BCUT2D eigenvalue weighted by Gasteiger charge is -2.34. The van der Waals surface area contributed by atoms with E-state index in [4.69, 9.17) is 16.9 Å². The Labute approximate surface area is 99.9 Å². The highest BCUT2D eigenvalue weighted by Gasteiger charge is 2.20. The molecule has 2 rings (SSSR count). The summed E-state index contributed by atoms with van der Waals surface area (Å²) in [5.74, 6) is 0.767. The highest BCUT2D eigenvalue weighted by molar-refractivity contribution is 6.28. The molecule has 0 N–H and O–H groups in total. The zero-order valence-electron chi connectivity index (χ0n) is 9.15. The van der Waals surface area contributed by atoms with E-state index in [1.165, 1.54) is 6.42 Å². The Morgan fingerprint density at radius 1 is 1.50 bits per heavy atom.